The molecule has 0 unspecified atom stereocenters. The average molecular weight is 726 g/mol. The van der Waals surface area contributed by atoms with Gasteiger partial charge in [0.2, 0.25) is 0 Å². The van der Waals surface area contributed by atoms with Crippen LogP contribution in [0.2, 0.25) is 0 Å². The number of aryl methyl sites for hydroxylation is 4. The maximum absolute atomic E-state index is 5.39. The minimum Gasteiger partial charge on any atom is -0.355 e. The van der Waals surface area contributed by atoms with Gasteiger partial charge in [0.15, 0.2) is 0 Å². The second kappa shape index (κ2) is 13.9. The van der Waals surface area contributed by atoms with E-state index >= 15 is 0 Å². The van der Waals surface area contributed by atoms with Gasteiger partial charge in [0.05, 0.1) is 33.8 Å². The number of fused-ring (bicyclic) bond motifs is 8. The Morgan fingerprint density at radius 1 is 0.453 bits per heavy atom. The molecule has 257 valence electrons. The van der Waals surface area contributed by atoms with E-state index in [1.54, 1.807) is 0 Å². The molecule has 0 atom stereocenters. The first-order valence-electron chi connectivity index (χ1n) is 17.8. The summed E-state index contributed by atoms with van der Waals surface area (Å²) in [5.74, 6) is 0. The zero-order chi connectivity index (χ0) is 35.3. The smallest absolute Gasteiger partial charge is 0.0737 e. The number of nitrogens with zero attached hydrogens (tertiary/aromatic N) is 3. The summed E-state index contributed by atoms with van der Waals surface area (Å²) in [6.07, 6.45) is 8.53. The second-order valence-electron chi connectivity index (χ2n) is 13.8. The number of aromatic amines is 1. The standard InChI is InChI=1S/C48H38N4.Mn/c1-30-13-5-9-17-39(30)45-42-26-25-37(51-42)28-36-22-21-34(49-36)27-35-23-24-38(50-35)29-44-46(40-18-10-6-14-31(40)2)47(41-19-11-7-15-32(41)3)48(45)52(44)43-20-12-8-16-33(43)4;/h5-29,49H,1-4H3;. The van der Waals surface area contributed by atoms with E-state index in [1.807, 2.05) is 0 Å². The molecule has 5 heteroatoms. The number of benzene rings is 4. The van der Waals surface area contributed by atoms with Crippen molar-refractivity contribution in [3.05, 3.63) is 172 Å². The van der Waals surface area contributed by atoms with E-state index in [4.69, 9.17) is 9.97 Å². The van der Waals surface area contributed by atoms with Crippen molar-refractivity contribution < 1.29 is 17.1 Å². The van der Waals surface area contributed by atoms with Gasteiger partial charge in [-0.05, 0) is 127 Å². The van der Waals surface area contributed by atoms with E-state index in [0.29, 0.717) is 0 Å². The Morgan fingerprint density at radius 2 is 0.925 bits per heavy atom. The van der Waals surface area contributed by atoms with Gasteiger partial charge < -0.3 is 9.55 Å². The van der Waals surface area contributed by atoms with E-state index < -0.39 is 0 Å². The van der Waals surface area contributed by atoms with E-state index in [1.165, 1.54) is 44.5 Å². The molecule has 3 aromatic heterocycles. The molecule has 0 spiro atoms. The van der Waals surface area contributed by atoms with Gasteiger partial charge >= 0.3 is 0 Å². The van der Waals surface area contributed by atoms with Gasteiger partial charge in [0, 0.05) is 50.5 Å². The van der Waals surface area contributed by atoms with Crippen LogP contribution >= 0.6 is 0 Å². The van der Waals surface area contributed by atoms with Crippen molar-refractivity contribution in [2.45, 2.75) is 27.7 Å². The topological polar surface area (TPSA) is 46.5 Å². The fourth-order valence-electron chi connectivity index (χ4n) is 7.72. The SMILES string of the molecule is Cc1ccccc1-c1c(-c2ccccc2C)c2c(-c3ccccc3C)c3nc(cc4ccc(cc5nc(cc1n2-c1ccccc1C)C=C5)[nH]4)C=C3.[Mn]. The third-order valence-electron chi connectivity index (χ3n) is 10.3. The van der Waals surface area contributed by atoms with Crippen LogP contribution in [0.15, 0.2) is 127 Å². The molecule has 0 amide bonds. The third-order valence-corrected chi connectivity index (χ3v) is 10.3. The molecule has 8 bridgehead atoms. The molecule has 1 N–H and O–H groups in total. The normalized spacial score (nSPS) is 11.8. The zero-order valence-corrected chi connectivity index (χ0v) is 31.3. The van der Waals surface area contributed by atoms with Crippen LogP contribution in [0.25, 0.3) is 85.4 Å². The maximum atomic E-state index is 5.39. The number of hydrogen-bond donors (Lipinski definition) is 1. The fourth-order valence-corrected chi connectivity index (χ4v) is 7.72. The Bertz CT molecular complexity index is 2800. The van der Waals surface area contributed by atoms with Crippen LogP contribution in [0.4, 0.5) is 0 Å². The molecule has 0 saturated carbocycles. The van der Waals surface area contributed by atoms with Crippen molar-refractivity contribution in [1.29, 1.82) is 0 Å². The zero-order valence-electron chi connectivity index (χ0n) is 30.2. The van der Waals surface area contributed by atoms with Crippen LogP contribution in [0, 0.1) is 27.7 Å². The minimum atomic E-state index is 0. The molecular formula is C48H38MnN4. The van der Waals surface area contributed by atoms with E-state index in [0.717, 1.165) is 61.7 Å². The molecule has 0 saturated heterocycles. The molecule has 0 fully saturated rings. The summed E-state index contributed by atoms with van der Waals surface area (Å²) < 4.78 is 2.49. The third kappa shape index (κ3) is 6.08. The Morgan fingerprint density at radius 3 is 1.51 bits per heavy atom. The van der Waals surface area contributed by atoms with Crippen molar-refractivity contribution in [2.24, 2.45) is 0 Å². The molecule has 7 aromatic rings. The number of H-pyrrole nitrogens is 1. The molecule has 9 rings (SSSR count). The molecule has 4 aromatic carbocycles. The fraction of sp³-hybridized carbons (Fsp3) is 0.0833. The Hall–Kier alpha value is -6.00. The molecule has 2 aliphatic heterocycles. The molecule has 53 heavy (non-hydrogen) atoms. The van der Waals surface area contributed by atoms with Crippen LogP contribution in [-0.2, 0) is 17.1 Å². The Kier molecular flexibility index (Phi) is 8.91. The van der Waals surface area contributed by atoms with Crippen molar-refractivity contribution in [1.82, 2.24) is 19.5 Å². The summed E-state index contributed by atoms with van der Waals surface area (Å²) in [4.78, 5) is 14.1. The Balaban J connectivity index is 0.00000400. The molecule has 2 aliphatic rings. The first-order chi connectivity index (χ1) is 25.4. The van der Waals surface area contributed by atoms with E-state index in [2.05, 4.69) is 189 Å². The molecule has 4 nitrogen and oxygen atoms in total. The predicted octanol–water partition coefficient (Wildman–Crippen LogP) is 12.4. The number of hydrogen-bond acceptors (Lipinski definition) is 2. The largest absolute Gasteiger partial charge is 0.355 e. The van der Waals surface area contributed by atoms with Crippen LogP contribution in [-0.4, -0.2) is 19.5 Å². The summed E-state index contributed by atoms with van der Waals surface area (Å²) in [5, 5.41) is 0. The summed E-state index contributed by atoms with van der Waals surface area (Å²) in [6, 6.07) is 45.6. The molecule has 0 aliphatic carbocycles. The van der Waals surface area contributed by atoms with Gasteiger partial charge in [0.25, 0.3) is 0 Å². The summed E-state index contributed by atoms with van der Waals surface area (Å²) >= 11 is 0. The number of aromatic nitrogens is 4. The van der Waals surface area contributed by atoms with Gasteiger partial charge in [-0.15, -0.1) is 0 Å². The predicted molar refractivity (Wildman–Crippen MR) is 219 cm³/mol. The van der Waals surface area contributed by atoms with Crippen molar-refractivity contribution >= 4 is 46.4 Å². The Labute approximate surface area is 320 Å². The number of rotatable bonds is 4. The number of nitrogens with one attached hydrogen (secondary N) is 1. The average Bonchev–Trinajstić information content (AvgIpc) is 3.95. The monoisotopic (exact) mass is 725 g/mol. The van der Waals surface area contributed by atoms with Gasteiger partial charge in [-0.25, -0.2) is 9.97 Å². The van der Waals surface area contributed by atoms with Crippen molar-refractivity contribution in [3.63, 3.8) is 0 Å². The quantitative estimate of drug-likeness (QED) is 0.184. The summed E-state index contributed by atoms with van der Waals surface area (Å²) in [7, 11) is 0. The molecule has 1 radical (unpaired) electrons. The number of para-hydroxylation sites is 1. The van der Waals surface area contributed by atoms with Crippen LogP contribution in [0.1, 0.15) is 45.0 Å². The molecule has 5 heterocycles. The van der Waals surface area contributed by atoms with Crippen LogP contribution in [0.5, 0.6) is 0 Å². The van der Waals surface area contributed by atoms with Crippen molar-refractivity contribution in [2.75, 3.05) is 0 Å². The summed E-state index contributed by atoms with van der Waals surface area (Å²) in [6.45, 7) is 8.84. The first kappa shape index (κ1) is 34.1. The summed E-state index contributed by atoms with van der Waals surface area (Å²) in [5.41, 5.74) is 20.6. The van der Waals surface area contributed by atoms with E-state index in [9.17, 15) is 0 Å². The van der Waals surface area contributed by atoms with Crippen molar-refractivity contribution in [3.8, 4) is 39.1 Å². The van der Waals surface area contributed by atoms with Gasteiger partial charge in [-0.2, -0.15) is 0 Å². The maximum Gasteiger partial charge on any atom is 0.0737 e. The van der Waals surface area contributed by atoms with Crippen LogP contribution in [0.3, 0.4) is 0 Å². The van der Waals surface area contributed by atoms with Gasteiger partial charge in [-0.3, -0.25) is 0 Å². The van der Waals surface area contributed by atoms with Gasteiger partial charge in [-0.1, -0.05) is 91.0 Å². The van der Waals surface area contributed by atoms with Gasteiger partial charge in [0.1, 0.15) is 0 Å². The van der Waals surface area contributed by atoms with E-state index in [-0.39, 0.29) is 17.1 Å². The van der Waals surface area contributed by atoms with Crippen LogP contribution < -0.4 is 0 Å². The second-order valence-corrected chi connectivity index (χ2v) is 13.8. The molecular weight excluding hydrogens is 687 g/mol. The minimum absolute atomic E-state index is 0. The first-order valence-corrected chi connectivity index (χ1v) is 17.8.